The molecule has 2 aromatic heterocycles. The average molecular weight is 502 g/mol. The second kappa shape index (κ2) is 16.0. The third kappa shape index (κ3) is 8.90. The fourth-order valence-corrected chi connectivity index (χ4v) is 4.30. The number of nitrogens with zero attached hydrogens (tertiary/aromatic N) is 2. The van der Waals surface area contributed by atoms with Crippen LogP contribution in [0.4, 0.5) is 0 Å². The van der Waals surface area contributed by atoms with Crippen LogP contribution in [0.25, 0.3) is 11.0 Å². The number of H-pyrrole nitrogens is 1. The summed E-state index contributed by atoms with van der Waals surface area (Å²) in [5.74, 6) is 1.77. The van der Waals surface area contributed by atoms with Gasteiger partial charge in [0.2, 0.25) is 0 Å². The summed E-state index contributed by atoms with van der Waals surface area (Å²) in [6, 6.07) is 10.1. The van der Waals surface area contributed by atoms with Gasteiger partial charge in [0.15, 0.2) is 5.16 Å². The smallest absolute Gasteiger partial charge is 0.166 e. The number of aromatic amines is 1. The van der Waals surface area contributed by atoms with E-state index in [4.69, 9.17) is 5.11 Å². The van der Waals surface area contributed by atoms with Crippen molar-refractivity contribution in [2.75, 3.05) is 25.4 Å². The van der Waals surface area contributed by atoms with Crippen LogP contribution in [-0.2, 0) is 5.75 Å². The highest BCUT2D eigenvalue weighted by molar-refractivity contribution is 7.99. The van der Waals surface area contributed by atoms with Gasteiger partial charge < -0.3 is 20.9 Å². The molecule has 164 valence electrons. The number of halogens is 3. The van der Waals surface area contributed by atoms with Crippen molar-refractivity contribution >= 4 is 71.8 Å². The van der Waals surface area contributed by atoms with E-state index < -0.39 is 0 Å². The third-order valence-corrected chi connectivity index (χ3v) is 5.84. The van der Waals surface area contributed by atoms with Crippen molar-refractivity contribution in [3.05, 3.63) is 47.8 Å². The van der Waals surface area contributed by atoms with Crippen LogP contribution in [-0.4, -0.2) is 51.0 Å². The SMILES string of the molecule is Cc1c(SCCNCCO)ccnc1CSc1nc2ccccc2[nH]1.Cl.Cl.Cl.O. The highest BCUT2D eigenvalue weighted by atomic mass is 35.5. The highest BCUT2D eigenvalue weighted by Gasteiger charge is 2.09. The van der Waals surface area contributed by atoms with Crippen molar-refractivity contribution in [2.45, 2.75) is 22.7 Å². The summed E-state index contributed by atoms with van der Waals surface area (Å²) in [6.45, 7) is 3.85. The number of benzene rings is 1. The Labute approximate surface area is 198 Å². The minimum absolute atomic E-state index is 0. The lowest BCUT2D eigenvalue weighted by Gasteiger charge is -2.09. The summed E-state index contributed by atoms with van der Waals surface area (Å²) < 4.78 is 0. The van der Waals surface area contributed by atoms with E-state index in [1.807, 2.05) is 42.2 Å². The molecule has 0 bridgehead atoms. The Hall–Kier alpha value is -0.710. The van der Waals surface area contributed by atoms with Crippen molar-refractivity contribution in [1.82, 2.24) is 20.3 Å². The number of imidazole rings is 1. The monoisotopic (exact) mass is 500 g/mol. The van der Waals surface area contributed by atoms with Gasteiger partial charge >= 0.3 is 0 Å². The predicted molar refractivity (Wildman–Crippen MR) is 131 cm³/mol. The molecule has 3 aromatic rings. The Morgan fingerprint density at radius 1 is 1.07 bits per heavy atom. The van der Waals surface area contributed by atoms with Gasteiger partial charge in [-0.3, -0.25) is 4.98 Å². The first-order chi connectivity index (χ1) is 12.3. The van der Waals surface area contributed by atoms with Gasteiger partial charge in [0.05, 0.1) is 23.3 Å². The number of aromatic nitrogens is 3. The lowest BCUT2D eigenvalue weighted by molar-refractivity contribution is 0.294. The van der Waals surface area contributed by atoms with E-state index in [-0.39, 0.29) is 49.3 Å². The highest BCUT2D eigenvalue weighted by Crippen LogP contribution is 2.28. The van der Waals surface area contributed by atoms with Crippen LogP contribution in [0.2, 0.25) is 0 Å². The Bertz CT molecular complexity index is 807. The molecule has 0 unspecified atom stereocenters. The predicted octanol–water partition coefficient (Wildman–Crippen LogP) is 3.67. The Morgan fingerprint density at radius 3 is 2.55 bits per heavy atom. The Kier molecular flexibility index (Phi) is 16.9. The molecule has 0 amide bonds. The molecule has 0 radical (unpaired) electrons. The molecule has 0 saturated carbocycles. The molecular weight excluding hydrogens is 475 g/mol. The summed E-state index contributed by atoms with van der Waals surface area (Å²) in [5.41, 5.74) is 4.39. The van der Waals surface area contributed by atoms with Crippen LogP contribution in [0.1, 0.15) is 11.3 Å². The average Bonchev–Trinajstić information content (AvgIpc) is 3.05. The van der Waals surface area contributed by atoms with Gasteiger partial charge in [-0.1, -0.05) is 23.9 Å². The molecule has 0 aliphatic heterocycles. The molecule has 0 fully saturated rings. The van der Waals surface area contributed by atoms with Gasteiger partial charge in [0.25, 0.3) is 0 Å². The number of thioether (sulfide) groups is 2. The molecule has 1 aromatic carbocycles. The van der Waals surface area contributed by atoms with Gasteiger partial charge in [0, 0.05) is 35.7 Å². The van der Waals surface area contributed by atoms with Gasteiger partial charge in [-0.15, -0.1) is 49.0 Å². The minimum Gasteiger partial charge on any atom is -0.412 e. The third-order valence-electron chi connectivity index (χ3n) is 3.80. The van der Waals surface area contributed by atoms with Gasteiger partial charge in [-0.2, -0.15) is 0 Å². The normalized spacial score (nSPS) is 9.72. The van der Waals surface area contributed by atoms with Gasteiger partial charge in [-0.05, 0) is 30.7 Å². The van der Waals surface area contributed by atoms with E-state index in [0.29, 0.717) is 6.54 Å². The fraction of sp³-hybridized carbons (Fsp3) is 0.333. The lowest BCUT2D eigenvalue weighted by atomic mass is 10.2. The summed E-state index contributed by atoms with van der Waals surface area (Å²) in [6.07, 6.45) is 1.88. The maximum absolute atomic E-state index is 8.77. The maximum Gasteiger partial charge on any atom is 0.166 e. The second-order valence-electron chi connectivity index (χ2n) is 5.55. The molecule has 6 nitrogen and oxygen atoms in total. The number of aliphatic hydroxyl groups is 1. The number of para-hydroxylation sites is 2. The molecule has 5 N–H and O–H groups in total. The van der Waals surface area contributed by atoms with Crippen molar-refractivity contribution in [1.29, 1.82) is 0 Å². The van der Waals surface area contributed by atoms with Crippen LogP contribution in [0.15, 0.2) is 46.6 Å². The number of nitrogens with one attached hydrogen (secondary N) is 2. The zero-order chi connectivity index (χ0) is 17.5. The first kappa shape index (κ1) is 30.5. The molecule has 29 heavy (non-hydrogen) atoms. The molecule has 0 aliphatic rings. The molecule has 2 heterocycles. The summed E-state index contributed by atoms with van der Waals surface area (Å²) in [7, 11) is 0. The molecule has 0 aliphatic carbocycles. The van der Waals surface area contributed by atoms with Crippen molar-refractivity contribution < 1.29 is 10.6 Å². The number of rotatable bonds is 9. The zero-order valence-electron chi connectivity index (χ0n) is 15.9. The topological polar surface area (TPSA) is 105 Å². The fourth-order valence-electron chi connectivity index (χ4n) is 2.43. The maximum atomic E-state index is 8.77. The van der Waals surface area contributed by atoms with Crippen LogP contribution in [0.5, 0.6) is 0 Å². The summed E-state index contributed by atoms with van der Waals surface area (Å²) >= 11 is 3.50. The standard InChI is InChI=1S/C18H22N4OS2.3ClH.H2O/c1-13-16(20-7-6-17(13)24-11-9-19-8-10-23)12-25-18-21-14-4-2-3-5-15(14)22-18;;;;/h2-7,19,23H,8-12H2,1H3,(H,21,22);3*1H;1H2. The Balaban J connectivity index is 0. The Morgan fingerprint density at radius 2 is 1.83 bits per heavy atom. The van der Waals surface area contributed by atoms with Crippen LogP contribution < -0.4 is 5.32 Å². The lowest BCUT2D eigenvalue weighted by Crippen LogP contribution is -2.20. The summed E-state index contributed by atoms with van der Waals surface area (Å²) in [5, 5.41) is 12.9. The molecule has 3 rings (SSSR count). The van der Waals surface area contributed by atoms with E-state index in [1.165, 1.54) is 10.5 Å². The number of hydrogen-bond donors (Lipinski definition) is 3. The molecule has 0 spiro atoms. The first-order valence-corrected chi connectivity index (χ1v) is 10.2. The molecular formula is C18H27Cl3N4O2S2. The quantitative estimate of drug-likeness (QED) is 0.305. The number of aliphatic hydroxyl groups excluding tert-OH is 1. The molecule has 0 saturated heterocycles. The van der Waals surface area contributed by atoms with Crippen LogP contribution >= 0.6 is 60.7 Å². The number of hydrogen-bond acceptors (Lipinski definition) is 6. The molecule has 11 heteroatoms. The van der Waals surface area contributed by atoms with E-state index in [2.05, 4.69) is 33.3 Å². The summed E-state index contributed by atoms with van der Waals surface area (Å²) in [4.78, 5) is 13.8. The van der Waals surface area contributed by atoms with Gasteiger partial charge in [-0.25, -0.2) is 4.98 Å². The van der Waals surface area contributed by atoms with Crippen molar-refractivity contribution in [3.8, 4) is 0 Å². The van der Waals surface area contributed by atoms with E-state index in [0.717, 1.165) is 39.9 Å². The van der Waals surface area contributed by atoms with E-state index in [9.17, 15) is 0 Å². The van der Waals surface area contributed by atoms with Crippen molar-refractivity contribution in [3.63, 3.8) is 0 Å². The second-order valence-corrected chi connectivity index (χ2v) is 7.65. The largest absolute Gasteiger partial charge is 0.412 e. The van der Waals surface area contributed by atoms with Gasteiger partial charge in [0.1, 0.15) is 0 Å². The van der Waals surface area contributed by atoms with Crippen LogP contribution in [0.3, 0.4) is 0 Å². The number of pyridine rings is 1. The van der Waals surface area contributed by atoms with Crippen LogP contribution in [0, 0.1) is 6.92 Å². The number of fused-ring (bicyclic) bond motifs is 1. The van der Waals surface area contributed by atoms with Crippen molar-refractivity contribution in [2.24, 2.45) is 0 Å². The van der Waals surface area contributed by atoms with E-state index in [1.54, 1.807) is 11.8 Å². The first-order valence-electron chi connectivity index (χ1n) is 8.24. The molecule has 0 atom stereocenters. The van der Waals surface area contributed by atoms with E-state index >= 15 is 0 Å². The zero-order valence-corrected chi connectivity index (χ0v) is 20.0. The minimum atomic E-state index is 0.